The number of aromatic nitrogens is 1. The summed E-state index contributed by atoms with van der Waals surface area (Å²) in [5.41, 5.74) is 3.70. The summed E-state index contributed by atoms with van der Waals surface area (Å²) >= 11 is 0. The van der Waals surface area contributed by atoms with Gasteiger partial charge < -0.3 is 19.5 Å². The van der Waals surface area contributed by atoms with E-state index in [0.717, 1.165) is 29.9 Å². The molecule has 1 aliphatic heterocycles. The van der Waals surface area contributed by atoms with E-state index in [0.29, 0.717) is 37.7 Å². The van der Waals surface area contributed by atoms with E-state index in [-0.39, 0.29) is 5.57 Å². The summed E-state index contributed by atoms with van der Waals surface area (Å²) in [6, 6.07) is 8.50. The third-order valence-corrected chi connectivity index (χ3v) is 5.28. The predicted molar refractivity (Wildman–Crippen MR) is 116 cm³/mol. The Labute approximate surface area is 176 Å². The predicted octanol–water partition coefficient (Wildman–Crippen LogP) is 4.04. The molecule has 0 aliphatic carbocycles. The minimum atomic E-state index is -0.559. The van der Waals surface area contributed by atoms with Crippen LogP contribution < -0.4 is 10.2 Å². The summed E-state index contributed by atoms with van der Waals surface area (Å²) in [5, 5.41) is 12.1. The first-order chi connectivity index (χ1) is 14.4. The maximum Gasteiger partial charge on any atom is 0.266 e. The lowest BCUT2D eigenvalue weighted by Gasteiger charge is -2.29. The molecular weight excluding hydrogens is 383 g/mol. The third-order valence-electron chi connectivity index (χ3n) is 5.28. The molecule has 0 saturated carbocycles. The number of carbonyl (C=O) groups excluding carboxylic acids is 1. The Morgan fingerprint density at radius 1 is 1.30 bits per heavy atom. The van der Waals surface area contributed by atoms with Crippen LogP contribution >= 0.6 is 0 Å². The van der Waals surface area contributed by atoms with Crippen molar-refractivity contribution in [3.8, 4) is 6.07 Å². The molecule has 1 amide bonds. The highest BCUT2D eigenvalue weighted by Crippen LogP contribution is 2.24. The monoisotopic (exact) mass is 410 g/mol. The number of amides is 1. The number of halogens is 1. The number of hydrogen-bond donors (Lipinski definition) is 1. The quantitative estimate of drug-likeness (QED) is 0.576. The van der Waals surface area contributed by atoms with Crippen molar-refractivity contribution in [3.63, 3.8) is 0 Å². The van der Waals surface area contributed by atoms with Gasteiger partial charge in [-0.2, -0.15) is 5.26 Å². The summed E-state index contributed by atoms with van der Waals surface area (Å²) in [4.78, 5) is 14.5. The first-order valence-corrected chi connectivity index (χ1v) is 10.2. The zero-order valence-electron chi connectivity index (χ0n) is 17.7. The average molecular weight is 410 g/mol. The Morgan fingerprint density at radius 2 is 2.03 bits per heavy atom. The maximum atomic E-state index is 14.6. The van der Waals surface area contributed by atoms with Gasteiger partial charge in [0.1, 0.15) is 17.5 Å². The molecule has 3 rings (SSSR count). The van der Waals surface area contributed by atoms with Crippen LogP contribution in [0.4, 0.5) is 15.8 Å². The summed E-state index contributed by atoms with van der Waals surface area (Å²) in [5.74, 6) is -0.975. The minimum Gasteiger partial charge on any atom is -0.378 e. The second-order valence-corrected chi connectivity index (χ2v) is 7.37. The number of aryl methyl sites for hydroxylation is 1. The molecule has 0 unspecified atom stereocenters. The van der Waals surface area contributed by atoms with Crippen LogP contribution in [0, 0.1) is 31.0 Å². The van der Waals surface area contributed by atoms with Gasteiger partial charge in [-0.05, 0) is 56.2 Å². The van der Waals surface area contributed by atoms with Gasteiger partial charge in [-0.1, -0.05) is 6.92 Å². The molecule has 6 nitrogen and oxygen atoms in total. The standard InChI is InChI=1S/C23H27FN4O2/c1-4-7-28-16(2)12-18(17(28)3)13-19(15-25)23(29)26-20-5-6-22(21(24)14-20)27-8-10-30-11-9-27/h5-6,12-14H,4,7-11H2,1-3H3,(H,26,29)/b19-13+. The first kappa shape index (κ1) is 21.6. The van der Waals surface area contributed by atoms with Crippen LogP contribution in [0.3, 0.4) is 0 Å². The van der Waals surface area contributed by atoms with Crippen molar-refractivity contribution in [1.82, 2.24) is 4.57 Å². The first-order valence-electron chi connectivity index (χ1n) is 10.2. The van der Waals surface area contributed by atoms with Gasteiger partial charge in [-0.3, -0.25) is 4.79 Å². The molecular formula is C23H27FN4O2. The lowest BCUT2D eigenvalue weighted by molar-refractivity contribution is -0.112. The molecule has 1 aromatic carbocycles. The van der Waals surface area contributed by atoms with E-state index < -0.39 is 11.7 Å². The molecule has 0 radical (unpaired) electrons. The molecule has 1 saturated heterocycles. The van der Waals surface area contributed by atoms with E-state index in [9.17, 15) is 14.4 Å². The van der Waals surface area contributed by atoms with Crippen LogP contribution in [0.15, 0.2) is 29.8 Å². The van der Waals surface area contributed by atoms with Crippen molar-refractivity contribution in [3.05, 3.63) is 52.6 Å². The Bertz CT molecular complexity index is 997. The molecule has 1 N–H and O–H groups in total. The largest absolute Gasteiger partial charge is 0.378 e. The number of rotatable bonds is 6. The van der Waals surface area contributed by atoms with Crippen molar-refractivity contribution in [1.29, 1.82) is 5.26 Å². The molecule has 30 heavy (non-hydrogen) atoms. The molecule has 0 atom stereocenters. The fourth-order valence-electron chi connectivity index (χ4n) is 3.69. The van der Waals surface area contributed by atoms with Gasteiger partial charge in [0.15, 0.2) is 0 Å². The molecule has 7 heteroatoms. The lowest BCUT2D eigenvalue weighted by atomic mass is 10.1. The van der Waals surface area contributed by atoms with Crippen molar-refractivity contribution in [2.45, 2.75) is 33.7 Å². The molecule has 0 spiro atoms. The Balaban J connectivity index is 1.77. The molecule has 158 valence electrons. The van der Waals surface area contributed by atoms with Gasteiger partial charge in [0.25, 0.3) is 5.91 Å². The smallest absolute Gasteiger partial charge is 0.266 e. The van der Waals surface area contributed by atoms with Gasteiger partial charge in [0, 0.05) is 36.7 Å². The maximum absolute atomic E-state index is 14.6. The van der Waals surface area contributed by atoms with Crippen molar-refractivity contribution in [2.24, 2.45) is 0 Å². The molecule has 0 bridgehead atoms. The zero-order chi connectivity index (χ0) is 21.7. The number of hydrogen-bond acceptors (Lipinski definition) is 4. The minimum absolute atomic E-state index is 0.0237. The van der Waals surface area contributed by atoms with Gasteiger partial charge in [0.05, 0.1) is 18.9 Å². The number of nitrogens with one attached hydrogen (secondary N) is 1. The molecule has 2 aromatic rings. The van der Waals surface area contributed by atoms with Crippen molar-refractivity contribution >= 4 is 23.4 Å². The number of nitriles is 1. The zero-order valence-corrected chi connectivity index (χ0v) is 17.7. The number of ether oxygens (including phenoxy) is 1. The highest BCUT2D eigenvalue weighted by atomic mass is 19.1. The summed E-state index contributed by atoms with van der Waals surface area (Å²) in [6.45, 7) is 9.34. The molecule has 1 aliphatic rings. The van der Waals surface area contributed by atoms with Crippen molar-refractivity contribution in [2.75, 3.05) is 36.5 Å². The van der Waals surface area contributed by atoms with Gasteiger partial charge in [-0.15, -0.1) is 0 Å². The van der Waals surface area contributed by atoms with Gasteiger partial charge >= 0.3 is 0 Å². The fraction of sp³-hybridized carbons (Fsp3) is 0.391. The highest BCUT2D eigenvalue weighted by molar-refractivity contribution is 6.09. The molecule has 1 fully saturated rings. The van der Waals surface area contributed by atoms with E-state index in [4.69, 9.17) is 4.74 Å². The lowest BCUT2D eigenvalue weighted by Crippen LogP contribution is -2.36. The SMILES string of the molecule is CCCn1c(C)cc(/C=C(\C#N)C(=O)Nc2ccc(N3CCOCC3)c(F)c2)c1C. The molecule has 2 heterocycles. The van der Waals surface area contributed by atoms with Crippen LogP contribution in [0.2, 0.25) is 0 Å². The average Bonchev–Trinajstić information content (AvgIpc) is 3.00. The van der Waals surface area contributed by atoms with Gasteiger partial charge in [0.2, 0.25) is 0 Å². The highest BCUT2D eigenvalue weighted by Gasteiger charge is 2.17. The van der Waals surface area contributed by atoms with Crippen molar-refractivity contribution < 1.29 is 13.9 Å². The van der Waals surface area contributed by atoms with E-state index in [1.807, 2.05) is 30.9 Å². The number of nitrogens with zero attached hydrogens (tertiary/aromatic N) is 3. The number of anilines is 2. The Hall–Kier alpha value is -3.11. The fourth-order valence-corrected chi connectivity index (χ4v) is 3.69. The summed E-state index contributed by atoms with van der Waals surface area (Å²) < 4.78 is 22.0. The summed E-state index contributed by atoms with van der Waals surface area (Å²) in [7, 11) is 0. The van der Waals surface area contributed by atoms with Crippen LogP contribution in [0.1, 0.15) is 30.3 Å². The van der Waals surface area contributed by atoms with E-state index in [2.05, 4.69) is 16.8 Å². The van der Waals surface area contributed by atoms with Crippen LogP contribution in [-0.4, -0.2) is 36.8 Å². The Morgan fingerprint density at radius 3 is 2.67 bits per heavy atom. The summed E-state index contributed by atoms with van der Waals surface area (Å²) in [6.07, 6.45) is 2.58. The van der Waals surface area contributed by atoms with Gasteiger partial charge in [-0.25, -0.2) is 4.39 Å². The van der Waals surface area contributed by atoms with E-state index in [1.165, 1.54) is 6.07 Å². The second-order valence-electron chi connectivity index (χ2n) is 7.37. The topological polar surface area (TPSA) is 70.3 Å². The van der Waals surface area contributed by atoms with E-state index >= 15 is 0 Å². The third kappa shape index (κ3) is 4.71. The second kappa shape index (κ2) is 9.59. The van der Waals surface area contributed by atoms with E-state index in [1.54, 1.807) is 18.2 Å². The number of benzene rings is 1. The normalized spacial score (nSPS) is 14.5. The van der Waals surface area contributed by atoms with Crippen LogP contribution in [-0.2, 0) is 16.1 Å². The number of carbonyl (C=O) groups is 1. The number of morpholine rings is 1. The van der Waals surface area contributed by atoms with Crippen LogP contribution in [0.25, 0.3) is 6.08 Å². The Kier molecular flexibility index (Phi) is 6.91. The molecule has 1 aromatic heterocycles. The van der Waals surface area contributed by atoms with Crippen LogP contribution in [0.5, 0.6) is 0 Å².